The summed E-state index contributed by atoms with van der Waals surface area (Å²) in [5.74, 6) is 0.583. The molecule has 0 bridgehead atoms. The highest BCUT2D eigenvalue weighted by atomic mass is 35.5. The van der Waals surface area contributed by atoms with E-state index in [4.69, 9.17) is 23.2 Å². The lowest BCUT2D eigenvalue weighted by atomic mass is 9.77. The number of benzene rings is 1. The number of carbonyl (C=O) groups is 1. The van der Waals surface area contributed by atoms with Gasteiger partial charge in [-0.05, 0) is 55.2 Å². The van der Waals surface area contributed by atoms with Gasteiger partial charge in [0.05, 0.1) is 5.41 Å². The molecular formula is C14H14Cl2O2. The highest BCUT2D eigenvalue weighted by Crippen LogP contribution is 2.61. The lowest BCUT2D eigenvalue weighted by molar-refractivity contribution is -0.149. The highest BCUT2D eigenvalue weighted by Gasteiger charge is 2.57. The SMILES string of the molecule is O=C(O)C1(Cc2ccc(Cl)cc2Cl)CC2CC2C1. The van der Waals surface area contributed by atoms with Crippen LogP contribution in [0.4, 0.5) is 0 Å². The Morgan fingerprint density at radius 3 is 2.56 bits per heavy atom. The van der Waals surface area contributed by atoms with Gasteiger partial charge in [-0.3, -0.25) is 4.79 Å². The Labute approximate surface area is 116 Å². The van der Waals surface area contributed by atoms with Crippen LogP contribution < -0.4 is 0 Å². The molecule has 2 unspecified atom stereocenters. The average Bonchev–Trinajstić information content (AvgIpc) is 2.91. The van der Waals surface area contributed by atoms with Crippen LogP contribution in [0.2, 0.25) is 10.0 Å². The standard InChI is InChI=1S/C14H14Cl2O2/c15-11-2-1-8(12(16)4-11)5-14(13(17)18)6-9-3-10(9)7-14/h1-2,4,9-10H,3,5-7H2,(H,17,18). The van der Waals surface area contributed by atoms with E-state index in [0.717, 1.165) is 18.4 Å². The minimum absolute atomic E-state index is 0.519. The number of hydrogen-bond acceptors (Lipinski definition) is 1. The number of fused-ring (bicyclic) bond motifs is 1. The summed E-state index contributed by atoms with van der Waals surface area (Å²) >= 11 is 12.0. The van der Waals surface area contributed by atoms with Crippen LogP contribution in [-0.4, -0.2) is 11.1 Å². The van der Waals surface area contributed by atoms with Crippen molar-refractivity contribution >= 4 is 29.2 Å². The first-order chi connectivity index (χ1) is 8.50. The van der Waals surface area contributed by atoms with E-state index in [1.807, 2.05) is 6.07 Å². The molecule has 4 heteroatoms. The maximum Gasteiger partial charge on any atom is 0.309 e. The van der Waals surface area contributed by atoms with Crippen LogP contribution in [0.3, 0.4) is 0 Å². The molecule has 0 saturated heterocycles. The van der Waals surface area contributed by atoms with Gasteiger partial charge in [0.2, 0.25) is 0 Å². The summed E-state index contributed by atoms with van der Waals surface area (Å²) in [6.07, 6.45) is 3.33. The van der Waals surface area contributed by atoms with Crippen LogP contribution in [-0.2, 0) is 11.2 Å². The second kappa shape index (κ2) is 4.14. The fourth-order valence-electron chi connectivity index (χ4n) is 3.32. The van der Waals surface area contributed by atoms with Crippen LogP contribution >= 0.6 is 23.2 Å². The monoisotopic (exact) mass is 284 g/mol. The normalized spacial score (nSPS) is 33.2. The quantitative estimate of drug-likeness (QED) is 0.910. The van der Waals surface area contributed by atoms with Gasteiger partial charge in [-0.15, -0.1) is 0 Å². The second-order valence-electron chi connectivity index (χ2n) is 5.66. The molecule has 2 atom stereocenters. The van der Waals surface area contributed by atoms with Crippen molar-refractivity contribution in [2.45, 2.75) is 25.7 Å². The lowest BCUT2D eigenvalue weighted by Crippen LogP contribution is -2.32. The Hall–Kier alpha value is -0.730. The van der Waals surface area contributed by atoms with Crippen LogP contribution in [0.15, 0.2) is 18.2 Å². The third-order valence-corrected chi connectivity index (χ3v) is 4.96. The van der Waals surface area contributed by atoms with E-state index in [0.29, 0.717) is 28.3 Å². The first kappa shape index (κ1) is 12.3. The predicted octanol–water partition coefficient (Wildman–Crippen LogP) is 4.04. The summed E-state index contributed by atoms with van der Waals surface area (Å²) in [7, 11) is 0. The fourth-order valence-corrected chi connectivity index (χ4v) is 3.80. The molecule has 18 heavy (non-hydrogen) atoms. The second-order valence-corrected chi connectivity index (χ2v) is 6.51. The van der Waals surface area contributed by atoms with Crippen molar-refractivity contribution in [2.24, 2.45) is 17.3 Å². The van der Waals surface area contributed by atoms with E-state index in [9.17, 15) is 9.90 Å². The smallest absolute Gasteiger partial charge is 0.309 e. The van der Waals surface area contributed by atoms with Crippen LogP contribution in [0.25, 0.3) is 0 Å². The number of aliphatic carboxylic acids is 1. The molecule has 0 amide bonds. The third-order valence-electron chi connectivity index (χ3n) is 4.37. The van der Waals surface area contributed by atoms with Gasteiger partial charge in [-0.1, -0.05) is 29.3 Å². The van der Waals surface area contributed by atoms with Gasteiger partial charge in [0.15, 0.2) is 0 Å². The summed E-state index contributed by atoms with van der Waals surface area (Å²) in [6, 6.07) is 5.30. The Bertz CT molecular complexity index is 503. The minimum atomic E-state index is -0.680. The van der Waals surface area contributed by atoms with E-state index in [2.05, 4.69) is 0 Å². The molecule has 0 spiro atoms. The van der Waals surface area contributed by atoms with E-state index in [1.165, 1.54) is 6.42 Å². The maximum atomic E-state index is 11.6. The molecule has 1 aromatic carbocycles. The topological polar surface area (TPSA) is 37.3 Å². The first-order valence-corrected chi connectivity index (χ1v) is 6.93. The average molecular weight is 285 g/mol. The zero-order valence-corrected chi connectivity index (χ0v) is 11.3. The van der Waals surface area contributed by atoms with Crippen molar-refractivity contribution in [1.29, 1.82) is 0 Å². The Morgan fingerprint density at radius 1 is 1.33 bits per heavy atom. The number of carboxylic acid groups (broad SMARTS) is 1. The van der Waals surface area contributed by atoms with Gasteiger partial charge in [-0.25, -0.2) is 0 Å². The fraction of sp³-hybridized carbons (Fsp3) is 0.500. The number of halogens is 2. The van der Waals surface area contributed by atoms with E-state index in [-0.39, 0.29) is 0 Å². The molecule has 2 aliphatic carbocycles. The number of rotatable bonds is 3. The summed E-state index contributed by atoms with van der Waals surface area (Å²) in [6.45, 7) is 0. The predicted molar refractivity (Wildman–Crippen MR) is 71.1 cm³/mol. The van der Waals surface area contributed by atoms with Gasteiger partial charge >= 0.3 is 5.97 Å². The Balaban J connectivity index is 1.87. The molecule has 1 N–H and O–H groups in total. The molecule has 2 aliphatic rings. The molecule has 0 aromatic heterocycles. The molecule has 96 valence electrons. The van der Waals surface area contributed by atoms with Crippen LogP contribution in [0.1, 0.15) is 24.8 Å². The Morgan fingerprint density at radius 2 is 2.00 bits per heavy atom. The van der Waals surface area contributed by atoms with Crippen LogP contribution in [0.5, 0.6) is 0 Å². The largest absolute Gasteiger partial charge is 0.481 e. The number of carboxylic acids is 1. The van der Waals surface area contributed by atoms with Gasteiger partial charge in [0.25, 0.3) is 0 Å². The molecule has 3 rings (SSSR count). The number of hydrogen-bond donors (Lipinski definition) is 1. The van der Waals surface area contributed by atoms with Crippen molar-refractivity contribution in [2.75, 3.05) is 0 Å². The summed E-state index contributed by atoms with van der Waals surface area (Å²) in [5, 5.41) is 10.7. The van der Waals surface area contributed by atoms with Crippen molar-refractivity contribution in [3.8, 4) is 0 Å². The highest BCUT2D eigenvalue weighted by molar-refractivity contribution is 6.35. The molecular weight excluding hydrogens is 271 g/mol. The van der Waals surface area contributed by atoms with Crippen molar-refractivity contribution in [3.63, 3.8) is 0 Å². The van der Waals surface area contributed by atoms with Crippen molar-refractivity contribution < 1.29 is 9.90 Å². The lowest BCUT2D eigenvalue weighted by Gasteiger charge is -2.26. The molecule has 2 saturated carbocycles. The molecule has 0 aliphatic heterocycles. The molecule has 2 fully saturated rings. The summed E-state index contributed by atoms with van der Waals surface area (Å²) in [4.78, 5) is 11.6. The molecule has 0 heterocycles. The van der Waals surface area contributed by atoms with E-state index in [1.54, 1.807) is 12.1 Å². The van der Waals surface area contributed by atoms with Gasteiger partial charge in [-0.2, -0.15) is 0 Å². The van der Waals surface area contributed by atoms with Crippen molar-refractivity contribution in [1.82, 2.24) is 0 Å². The third kappa shape index (κ3) is 2.02. The van der Waals surface area contributed by atoms with E-state index < -0.39 is 11.4 Å². The van der Waals surface area contributed by atoms with E-state index >= 15 is 0 Å². The zero-order valence-electron chi connectivity index (χ0n) is 9.83. The molecule has 1 aromatic rings. The zero-order chi connectivity index (χ0) is 12.9. The Kier molecular flexibility index (Phi) is 2.83. The first-order valence-electron chi connectivity index (χ1n) is 6.17. The molecule has 2 nitrogen and oxygen atoms in total. The van der Waals surface area contributed by atoms with Gasteiger partial charge < -0.3 is 5.11 Å². The van der Waals surface area contributed by atoms with Crippen molar-refractivity contribution in [3.05, 3.63) is 33.8 Å². The summed E-state index contributed by atoms with van der Waals surface area (Å²) < 4.78 is 0. The molecule has 0 radical (unpaired) electrons. The van der Waals surface area contributed by atoms with Gasteiger partial charge in [0.1, 0.15) is 0 Å². The van der Waals surface area contributed by atoms with Gasteiger partial charge in [0, 0.05) is 10.0 Å². The maximum absolute atomic E-state index is 11.6. The minimum Gasteiger partial charge on any atom is -0.481 e. The van der Waals surface area contributed by atoms with Crippen LogP contribution in [0, 0.1) is 17.3 Å². The summed E-state index contributed by atoms with van der Waals surface area (Å²) in [5.41, 5.74) is 0.287.